The Hall–Kier alpha value is -4.94. The molecule has 42 heavy (non-hydrogen) atoms. The lowest BCUT2D eigenvalue weighted by Crippen LogP contribution is -2.39. The first-order valence-corrected chi connectivity index (χ1v) is 14.2. The van der Waals surface area contributed by atoms with Crippen molar-refractivity contribution in [3.05, 3.63) is 126 Å². The predicted molar refractivity (Wildman–Crippen MR) is 160 cm³/mol. The zero-order chi connectivity index (χ0) is 29.8. The van der Waals surface area contributed by atoms with Crippen LogP contribution in [0.3, 0.4) is 0 Å². The molecule has 0 N–H and O–H groups in total. The van der Waals surface area contributed by atoms with E-state index in [-0.39, 0.29) is 12.2 Å². The normalized spacial score (nSPS) is 14.5. The average Bonchev–Trinajstić information content (AvgIpc) is 3.30. The van der Waals surface area contributed by atoms with Gasteiger partial charge in [0.1, 0.15) is 6.61 Å². The molecule has 9 heteroatoms. The lowest BCUT2D eigenvalue weighted by atomic mass is 9.95. The molecule has 8 nitrogen and oxygen atoms in total. The maximum absolute atomic E-state index is 13.9. The molecule has 212 valence electrons. The SMILES string of the molecule is CCOC(=O)C1=C(C)N=c2s/c(=C\c3ccc(OCc4ccc(C#N)cc4)c(OC)c3)c(=O)n2[C@@H]1c1ccc(C)cc1. The molecule has 5 rings (SSSR count). The van der Waals surface area contributed by atoms with E-state index in [2.05, 4.69) is 11.1 Å². The number of methoxy groups -OCH3 is 1. The maximum Gasteiger partial charge on any atom is 0.338 e. The van der Waals surface area contributed by atoms with Gasteiger partial charge in [0.05, 0.1) is 47.2 Å². The van der Waals surface area contributed by atoms with Crippen molar-refractivity contribution >= 4 is 23.4 Å². The molecule has 1 aliphatic rings. The smallest absolute Gasteiger partial charge is 0.338 e. The van der Waals surface area contributed by atoms with Crippen LogP contribution in [0.1, 0.15) is 47.7 Å². The highest BCUT2D eigenvalue weighted by molar-refractivity contribution is 7.07. The fraction of sp³-hybridized carbons (Fsp3) is 0.212. The van der Waals surface area contributed by atoms with Crippen molar-refractivity contribution in [2.45, 2.75) is 33.4 Å². The van der Waals surface area contributed by atoms with E-state index < -0.39 is 12.0 Å². The van der Waals surface area contributed by atoms with Crippen LogP contribution >= 0.6 is 11.3 Å². The molecule has 1 atom stereocenters. The van der Waals surface area contributed by atoms with E-state index in [1.807, 2.05) is 49.4 Å². The Labute approximate surface area is 247 Å². The van der Waals surface area contributed by atoms with Crippen LogP contribution in [-0.2, 0) is 16.1 Å². The Balaban J connectivity index is 1.52. The number of carbonyl (C=O) groups is 1. The van der Waals surface area contributed by atoms with Crippen LogP contribution < -0.4 is 24.4 Å². The zero-order valence-corrected chi connectivity index (χ0v) is 24.5. The lowest BCUT2D eigenvalue weighted by molar-refractivity contribution is -0.139. The van der Waals surface area contributed by atoms with Gasteiger partial charge in [0.15, 0.2) is 16.3 Å². The molecule has 4 aromatic rings. The van der Waals surface area contributed by atoms with Crippen molar-refractivity contribution in [1.29, 1.82) is 5.26 Å². The standard InChI is InChI=1S/C33H29N3O5S/c1-5-40-32(38)29-21(3)35-33-36(30(29)25-13-6-20(2)7-14-25)31(37)28(42-33)17-24-12-15-26(27(16-24)39-4)41-19-23-10-8-22(18-34)9-11-23/h6-17,30H,5,19H2,1-4H3/b28-17-/t30-/m1/s1. The fourth-order valence-corrected chi connectivity index (χ4v) is 5.78. The average molecular weight is 580 g/mol. The van der Waals surface area contributed by atoms with Gasteiger partial charge in [0.2, 0.25) is 0 Å². The van der Waals surface area contributed by atoms with Gasteiger partial charge < -0.3 is 14.2 Å². The van der Waals surface area contributed by atoms with Crippen LogP contribution in [0.15, 0.2) is 87.8 Å². The molecular weight excluding hydrogens is 550 g/mol. The van der Waals surface area contributed by atoms with Crippen molar-refractivity contribution in [3.63, 3.8) is 0 Å². The number of thiazole rings is 1. The van der Waals surface area contributed by atoms with E-state index in [4.69, 9.17) is 19.5 Å². The lowest BCUT2D eigenvalue weighted by Gasteiger charge is -2.24. The summed E-state index contributed by atoms with van der Waals surface area (Å²) in [5, 5.41) is 8.99. The number of nitriles is 1. The van der Waals surface area contributed by atoms with Crippen LogP contribution in [0.5, 0.6) is 11.5 Å². The summed E-state index contributed by atoms with van der Waals surface area (Å²) in [6, 6.07) is 21.8. The molecule has 0 spiro atoms. The quantitative estimate of drug-likeness (QED) is 0.284. The Morgan fingerprint density at radius 1 is 1.07 bits per heavy atom. The van der Waals surface area contributed by atoms with E-state index in [1.165, 1.54) is 11.3 Å². The second kappa shape index (κ2) is 12.3. The Morgan fingerprint density at radius 2 is 1.81 bits per heavy atom. The highest BCUT2D eigenvalue weighted by Crippen LogP contribution is 2.31. The number of allylic oxidation sites excluding steroid dienone is 1. The van der Waals surface area contributed by atoms with E-state index in [0.29, 0.717) is 44.3 Å². The first-order valence-electron chi connectivity index (χ1n) is 13.4. The van der Waals surface area contributed by atoms with Gasteiger partial charge in [-0.05, 0) is 67.8 Å². The minimum Gasteiger partial charge on any atom is -0.493 e. The molecule has 3 aromatic carbocycles. The van der Waals surface area contributed by atoms with Gasteiger partial charge in [0, 0.05) is 0 Å². The molecule has 1 aromatic heterocycles. The van der Waals surface area contributed by atoms with Crippen LogP contribution in [0.25, 0.3) is 6.08 Å². The largest absolute Gasteiger partial charge is 0.493 e. The Bertz CT molecular complexity index is 1900. The van der Waals surface area contributed by atoms with Gasteiger partial charge in [-0.15, -0.1) is 0 Å². The summed E-state index contributed by atoms with van der Waals surface area (Å²) in [6.07, 6.45) is 1.78. The minimum absolute atomic E-state index is 0.218. The number of rotatable bonds is 8. The Morgan fingerprint density at radius 3 is 2.48 bits per heavy atom. The summed E-state index contributed by atoms with van der Waals surface area (Å²) in [6.45, 7) is 6.03. The number of carbonyl (C=O) groups excluding carboxylic acids is 1. The number of aryl methyl sites for hydroxylation is 1. The van der Waals surface area contributed by atoms with Crippen molar-refractivity contribution in [1.82, 2.24) is 4.57 Å². The van der Waals surface area contributed by atoms with E-state index in [1.54, 1.807) is 55.9 Å². The number of esters is 1. The summed E-state index contributed by atoms with van der Waals surface area (Å²) >= 11 is 1.26. The molecule has 0 amide bonds. The highest BCUT2D eigenvalue weighted by atomic mass is 32.1. The van der Waals surface area contributed by atoms with Gasteiger partial charge in [-0.2, -0.15) is 5.26 Å². The van der Waals surface area contributed by atoms with E-state index in [0.717, 1.165) is 22.3 Å². The highest BCUT2D eigenvalue weighted by Gasteiger charge is 2.33. The maximum atomic E-state index is 13.9. The van der Waals surface area contributed by atoms with Crippen LogP contribution in [-0.4, -0.2) is 24.3 Å². The molecule has 0 fully saturated rings. The second-order valence-corrected chi connectivity index (χ2v) is 10.7. The molecule has 0 bridgehead atoms. The van der Waals surface area contributed by atoms with Crippen molar-refractivity contribution in [2.75, 3.05) is 13.7 Å². The van der Waals surface area contributed by atoms with Gasteiger partial charge in [-0.3, -0.25) is 9.36 Å². The third-order valence-electron chi connectivity index (χ3n) is 6.87. The molecule has 0 saturated carbocycles. The zero-order valence-electron chi connectivity index (χ0n) is 23.7. The summed E-state index contributed by atoms with van der Waals surface area (Å²) in [4.78, 5) is 32.1. The molecule has 0 radical (unpaired) electrons. The minimum atomic E-state index is -0.657. The molecule has 1 aliphatic heterocycles. The van der Waals surface area contributed by atoms with Crippen molar-refractivity contribution in [2.24, 2.45) is 4.99 Å². The number of nitrogens with zero attached hydrogens (tertiary/aromatic N) is 3. The van der Waals surface area contributed by atoms with Gasteiger partial charge in [-0.25, -0.2) is 9.79 Å². The predicted octanol–water partition coefficient (Wildman–Crippen LogP) is 4.57. The molecule has 0 unspecified atom stereocenters. The third kappa shape index (κ3) is 5.76. The first kappa shape index (κ1) is 28.6. The van der Waals surface area contributed by atoms with Crippen LogP contribution in [0.2, 0.25) is 0 Å². The number of ether oxygens (including phenoxy) is 3. The van der Waals surface area contributed by atoms with Gasteiger partial charge >= 0.3 is 5.97 Å². The van der Waals surface area contributed by atoms with E-state index in [9.17, 15) is 9.59 Å². The van der Waals surface area contributed by atoms with Crippen LogP contribution in [0, 0.1) is 18.3 Å². The molecule has 0 saturated heterocycles. The van der Waals surface area contributed by atoms with Crippen molar-refractivity contribution < 1.29 is 19.0 Å². The number of benzene rings is 3. The number of aromatic nitrogens is 1. The fourth-order valence-electron chi connectivity index (χ4n) is 4.74. The number of hydrogen-bond acceptors (Lipinski definition) is 8. The first-order chi connectivity index (χ1) is 20.3. The van der Waals surface area contributed by atoms with Gasteiger partial charge in [0.25, 0.3) is 5.56 Å². The summed E-state index contributed by atoms with van der Waals surface area (Å²) < 4.78 is 19.0. The monoisotopic (exact) mass is 579 g/mol. The van der Waals surface area contributed by atoms with E-state index >= 15 is 0 Å². The van der Waals surface area contributed by atoms with Crippen LogP contribution in [0.4, 0.5) is 0 Å². The summed E-state index contributed by atoms with van der Waals surface area (Å²) in [7, 11) is 1.56. The summed E-state index contributed by atoms with van der Waals surface area (Å²) in [5.74, 6) is 0.581. The van der Waals surface area contributed by atoms with Crippen molar-refractivity contribution in [3.8, 4) is 17.6 Å². The summed E-state index contributed by atoms with van der Waals surface area (Å²) in [5.41, 5.74) is 4.75. The number of hydrogen-bond donors (Lipinski definition) is 0. The Kier molecular flexibility index (Phi) is 8.36. The van der Waals surface area contributed by atoms with Gasteiger partial charge in [-0.1, -0.05) is 59.4 Å². The topological polar surface area (TPSA) is 103 Å². The molecular formula is C33H29N3O5S. The second-order valence-electron chi connectivity index (χ2n) is 9.72. The number of fused-ring (bicyclic) bond motifs is 1. The molecule has 2 heterocycles. The molecule has 0 aliphatic carbocycles. The third-order valence-corrected chi connectivity index (χ3v) is 7.86.